The van der Waals surface area contributed by atoms with Crippen molar-refractivity contribution in [1.29, 1.82) is 0 Å². The van der Waals surface area contributed by atoms with E-state index in [9.17, 15) is 4.79 Å². The monoisotopic (exact) mass is 307 g/mol. The van der Waals surface area contributed by atoms with Gasteiger partial charge in [-0.15, -0.1) is 11.3 Å². The second-order valence-electron chi connectivity index (χ2n) is 4.40. The Morgan fingerprint density at radius 1 is 1.10 bits per heavy atom. The first-order valence-corrected chi connectivity index (χ1v) is 7.12. The van der Waals surface area contributed by atoms with Gasteiger partial charge in [-0.25, -0.2) is 4.98 Å². The molecule has 0 atom stereocenters. The van der Waals surface area contributed by atoms with E-state index in [-0.39, 0.29) is 5.78 Å². The van der Waals surface area contributed by atoms with Gasteiger partial charge in [-0.2, -0.15) is 0 Å². The van der Waals surface area contributed by atoms with E-state index in [4.69, 9.17) is 14.2 Å². The molecule has 21 heavy (non-hydrogen) atoms. The number of methoxy groups -OCH3 is 3. The van der Waals surface area contributed by atoms with Crippen molar-refractivity contribution in [3.05, 3.63) is 22.7 Å². The van der Waals surface area contributed by atoms with E-state index in [0.29, 0.717) is 22.1 Å². The molecule has 2 aromatic rings. The second kappa shape index (κ2) is 6.13. The molecule has 112 valence electrons. The van der Waals surface area contributed by atoms with Crippen LogP contribution in [0.25, 0.3) is 10.6 Å². The van der Waals surface area contributed by atoms with Crippen molar-refractivity contribution in [2.24, 2.45) is 0 Å². The van der Waals surface area contributed by atoms with Gasteiger partial charge in [0, 0.05) is 12.5 Å². The Morgan fingerprint density at radius 3 is 2.05 bits per heavy atom. The number of hydrogen-bond acceptors (Lipinski definition) is 6. The first kappa shape index (κ1) is 15.3. The number of hydrogen-bond donors (Lipinski definition) is 0. The number of nitrogens with zero attached hydrogens (tertiary/aromatic N) is 1. The molecule has 0 bridgehead atoms. The highest BCUT2D eigenvalue weighted by atomic mass is 32.1. The van der Waals surface area contributed by atoms with Crippen LogP contribution in [-0.4, -0.2) is 32.1 Å². The lowest BCUT2D eigenvalue weighted by Crippen LogP contribution is -1.95. The molecule has 0 fully saturated rings. The van der Waals surface area contributed by atoms with Crippen LogP contribution in [0.2, 0.25) is 0 Å². The second-order valence-corrected chi connectivity index (χ2v) is 5.40. The van der Waals surface area contributed by atoms with Crippen LogP contribution in [0.1, 0.15) is 22.3 Å². The molecule has 0 amide bonds. The predicted molar refractivity (Wildman–Crippen MR) is 81.9 cm³/mol. The molecular weight excluding hydrogens is 290 g/mol. The third-order valence-electron chi connectivity index (χ3n) is 3.03. The molecule has 0 aliphatic rings. The minimum atomic E-state index is 0.0173. The summed E-state index contributed by atoms with van der Waals surface area (Å²) in [5.74, 6) is 1.67. The Kier molecular flexibility index (Phi) is 4.47. The third-order valence-corrected chi connectivity index (χ3v) is 4.34. The smallest absolute Gasteiger partial charge is 0.203 e. The number of ether oxygens (including phenoxy) is 3. The lowest BCUT2D eigenvalue weighted by Gasteiger charge is -2.13. The van der Waals surface area contributed by atoms with Crippen molar-refractivity contribution in [3.63, 3.8) is 0 Å². The summed E-state index contributed by atoms with van der Waals surface area (Å²) < 4.78 is 16.0. The highest BCUT2D eigenvalue weighted by Gasteiger charge is 2.18. The van der Waals surface area contributed by atoms with Crippen molar-refractivity contribution in [1.82, 2.24) is 4.98 Å². The molecule has 1 aromatic carbocycles. The fourth-order valence-electron chi connectivity index (χ4n) is 2.05. The van der Waals surface area contributed by atoms with E-state index in [0.717, 1.165) is 16.3 Å². The third kappa shape index (κ3) is 2.85. The molecule has 0 unspecified atom stereocenters. The maximum Gasteiger partial charge on any atom is 0.203 e. The van der Waals surface area contributed by atoms with Gasteiger partial charge in [-0.3, -0.25) is 4.79 Å². The van der Waals surface area contributed by atoms with Crippen LogP contribution in [0, 0.1) is 6.92 Å². The van der Waals surface area contributed by atoms with Crippen LogP contribution in [0.3, 0.4) is 0 Å². The molecular formula is C15H17NO4S. The predicted octanol–water partition coefficient (Wildman–Crippen LogP) is 3.35. The fraction of sp³-hybridized carbons (Fsp3) is 0.333. The summed E-state index contributed by atoms with van der Waals surface area (Å²) in [7, 11) is 4.69. The fourth-order valence-corrected chi connectivity index (χ4v) is 3.00. The van der Waals surface area contributed by atoms with Crippen LogP contribution in [0.15, 0.2) is 12.1 Å². The van der Waals surface area contributed by atoms with Crippen LogP contribution in [0.5, 0.6) is 17.2 Å². The number of thiazole rings is 1. The van der Waals surface area contributed by atoms with Gasteiger partial charge in [-0.05, 0) is 19.1 Å². The molecule has 0 spiro atoms. The summed E-state index contributed by atoms with van der Waals surface area (Å²) in [6.07, 6.45) is 0. The van der Waals surface area contributed by atoms with Crippen LogP contribution in [-0.2, 0) is 0 Å². The quantitative estimate of drug-likeness (QED) is 0.793. The van der Waals surface area contributed by atoms with E-state index in [1.54, 1.807) is 28.3 Å². The topological polar surface area (TPSA) is 57.7 Å². The highest BCUT2D eigenvalue weighted by Crippen LogP contribution is 2.42. The normalized spacial score (nSPS) is 10.3. The zero-order chi connectivity index (χ0) is 15.6. The van der Waals surface area contributed by atoms with Gasteiger partial charge in [0.2, 0.25) is 5.75 Å². The molecule has 0 aliphatic heterocycles. The Hall–Kier alpha value is -2.08. The SMILES string of the molecule is COc1cc(-c2nc(C)c(C(C)=O)s2)cc(OC)c1OC. The van der Waals surface area contributed by atoms with Gasteiger partial charge in [0.15, 0.2) is 17.3 Å². The number of Topliss-reactive ketones (excluding diaryl/α,β-unsaturated/α-hetero) is 1. The van der Waals surface area contributed by atoms with Gasteiger partial charge in [0.25, 0.3) is 0 Å². The summed E-state index contributed by atoms with van der Waals surface area (Å²) >= 11 is 1.36. The first-order chi connectivity index (χ1) is 10.0. The number of carbonyl (C=O) groups is 1. The first-order valence-electron chi connectivity index (χ1n) is 6.30. The van der Waals surface area contributed by atoms with Crippen molar-refractivity contribution in [3.8, 4) is 27.8 Å². The Morgan fingerprint density at radius 2 is 1.67 bits per heavy atom. The summed E-state index contributed by atoms with van der Waals surface area (Å²) in [6.45, 7) is 3.37. The molecule has 6 heteroatoms. The molecule has 0 saturated heterocycles. The maximum atomic E-state index is 11.6. The lowest BCUT2D eigenvalue weighted by atomic mass is 10.2. The van der Waals surface area contributed by atoms with Crippen molar-refractivity contribution in [2.75, 3.05) is 21.3 Å². The van der Waals surface area contributed by atoms with Gasteiger partial charge in [0.05, 0.1) is 31.9 Å². The van der Waals surface area contributed by atoms with Crippen molar-refractivity contribution in [2.45, 2.75) is 13.8 Å². The Balaban J connectivity index is 2.59. The molecule has 0 aliphatic carbocycles. The number of aryl methyl sites for hydroxylation is 1. The standard InChI is InChI=1S/C15H17NO4S/c1-8-14(9(2)17)21-15(16-8)10-6-11(18-3)13(20-5)12(7-10)19-4/h6-7H,1-5H3. The van der Waals surface area contributed by atoms with Gasteiger partial charge in [-0.1, -0.05) is 0 Å². The molecule has 0 radical (unpaired) electrons. The molecule has 1 aromatic heterocycles. The maximum absolute atomic E-state index is 11.6. The number of benzene rings is 1. The summed E-state index contributed by atoms with van der Waals surface area (Å²) in [5, 5.41) is 0.747. The van der Waals surface area contributed by atoms with Crippen LogP contribution < -0.4 is 14.2 Å². The zero-order valence-electron chi connectivity index (χ0n) is 12.6. The van der Waals surface area contributed by atoms with E-state index in [2.05, 4.69) is 4.98 Å². The summed E-state index contributed by atoms with van der Waals surface area (Å²) in [6, 6.07) is 3.65. The molecule has 2 rings (SSSR count). The molecule has 5 nitrogen and oxygen atoms in total. The largest absolute Gasteiger partial charge is 0.493 e. The Bertz CT molecular complexity index is 653. The minimum absolute atomic E-state index is 0.0173. The number of aromatic nitrogens is 1. The van der Waals surface area contributed by atoms with Crippen molar-refractivity contribution >= 4 is 17.1 Å². The van der Waals surface area contributed by atoms with E-state index in [1.165, 1.54) is 11.3 Å². The van der Waals surface area contributed by atoms with E-state index >= 15 is 0 Å². The van der Waals surface area contributed by atoms with Gasteiger partial charge < -0.3 is 14.2 Å². The Labute approximate surface area is 127 Å². The van der Waals surface area contributed by atoms with E-state index < -0.39 is 0 Å². The molecule has 0 saturated carbocycles. The minimum Gasteiger partial charge on any atom is -0.493 e. The highest BCUT2D eigenvalue weighted by molar-refractivity contribution is 7.17. The number of carbonyl (C=O) groups excluding carboxylic acids is 1. The average Bonchev–Trinajstić information content (AvgIpc) is 2.87. The summed E-state index contributed by atoms with van der Waals surface area (Å²) in [5.41, 5.74) is 1.56. The van der Waals surface area contributed by atoms with E-state index in [1.807, 2.05) is 19.1 Å². The number of rotatable bonds is 5. The van der Waals surface area contributed by atoms with Crippen molar-refractivity contribution < 1.29 is 19.0 Å². The van der Waals surface area contributed by atoms with Crippen LogP contribution in [0.4, 0.5) is 0 Å². The zero-order valence-corrected chi connectivity index (χ0v) is 13.5. The van der Waals surface area contributed by atoms with Gasteiger partial charge in [0.1, 0.15) is 5.01 Å². The summed E-state index contributed by atoms with van der Waals surface area (Å²) in [4.78, 5) is 16.7. The molecule has 1 heterocycles. The number of ketones is 1. The van der Waals surface area contributed by atoms with Gasteiger partial charge >= 0.3 is 0 Å². The lowest BCUT2D eigenvalue weighted by molar-refractivity contribution is 0.102. The average molecular weight is 307 g/mol. The van der Waals surface area contributed by atoms with Crippen LogP contribution >= 0.6 is 11.3 Å². The molecule has 0 N–H and O–H groups in total.